The van der Waals surface area contributed by atoms with E-state index in [0.717, 1.165) is 26.4 Å². The van der Waals surface area contributed by atoms with Gasteiger partial charge in [0.25, 0.3) is 0 Å². The lowest BCUT2D eigenvalue weighted by Crippen LogP contribution is -2.40. The van der Waals surface area contributed by atoms with E-state index < -0.39 is 11.9 Å². The van der Waals surface area contributed by atoms with Gasteiger partial charge >= 0.3 is 6.03 Å². The molecule has 3 amide bonds. The number of thiophene rings is 1. The molecule has 2 aliphatic rings. The van der Waals surface area contributed by atoms with Crippen LogP contribution in [0.15, 0.2) is 60.9 Å². The van der Waals surface area contributed by atoms with Gasteiger partial charge in [-0.15, -0.1) is 11.3 Å². The van der Waals surface area contributed by atoms with Crippen LogP contribution in [0.3, 0.4) is 0 Å². The number of primary amides is 1. The second-order valence-electron chi connectivity index (χ2n) is 7.01. The Morgan fingerprint density at radius 3 is 2.79 bits per heavy atom. The van der Waals surface area contributed by atoms with Crippen molar-refractivity contribution in [2.75, 3.05) is 6.54 Å². The second-order valence-corrected chi connectivity index (χ2v) is 8.10. The number of carbonyl (C=O) groups is 2. The molecule has 146 valence electrons. The molecule has 8 heteroatoms. The fourth-order valence-electron chi connectivity index (χ4n) is 3.87. The number of nitrogens with zero attached hydrogens (tertiary/aromatic N) is 3. The third kappa shape index (κ3) is 2.97. The monoisotopic (exact) mass is 406 g/mol. The van der Waals surface area contributed by atoms with Crippen LogP contribution in [0.4, 0.5) is 4.79 Å². The van der Waals surface area contributed by atoms with Gasteiger partial charge in [-0.1, -0.05) is 36.4 Å². The first kappa shape index (κ1) is 17.8. The molecule has 1 aromatic carbocycles. The van der Waals surface area contributed by atoms with Crippen molar-refractivity contribution in [2.24, 2.45) is 5.73 Å². The molecule has 1 fully saturated rings. The molecule has 3 aromatic rings. The summed E-state index contributed by atoms with van der Waals surface area (Å²) in [6, 6.07) is 14.1. The SMILES string of the molecule is NC(=O)[C@@H]1c2sc(-c3cccnc3)cc2[C@@H]2CN1C(=O)N2OCc1ccccc1. The predicted octanol–water partition coefficient (Wildman–Crippen LogP) is 3.26. The maximum absolute atomic E-state index is 13.0. The van der Waals surface area contributed by atoms with Crippen molar-refractivity contribution in [1.29, 1.82) is 0 Å². The number of benzene rings is 1. The molecule has 29 heavy (non-hydrogen) atoms. The number of urea groups is 1. The molecule has 2 aromatic heterocycles. The number of amides is 3. The summed E-state index contributed by atoms with van der Waals surface area (Å²) < 4.78 is 0. The second kappa shape index (κ2) is 6.98. The van der Waals surface area contributed by atoms with Crippen LogP contribution in [0.2, 0.25) is 0 Å². The average Bonchev–Trinajstić information content (AvgIpc) is 3.30. The molecule has 5 rings (SSSR count). The van der Waals surface area contributed by atoms with Crippen LogP contribution in [0.5, 0.6) is 0 Å². The Kier molecular flexibility index (Phi) is 4.30. The topological polar surface area (TPSA) is 88.8 Å². The van der Waals surface area contributed by atoms with E-state index in [9.17, 15) is 9.59 Å². The highest BCUT2D eigenvalue weighted by molar-refractivity contribution is 7.15. The molecule has 7 nitrogen and oxygen atoms in total. The summed E-state index contributed by atoms with van der Waals surface area (Å²) in [6.45, 7) is 0.643. The van der Waals surface area contributed by atoms with Crippen LogP contribution >= 0.6 is 11.3 Å². The number of fused-ring (bicyclic) bond motifs is 4. The normalized spacial score (nSPS) is 20.1. The van der Waals surface area contributed by atoms with Gasteiger partial charge in [-0.3, -0.25) is 14.6 Å². The number of hydrogen-bond acceptors (Lipinski definition) is 5. The van der Waals surface area contributed by atoms with Gasteiger partial charge < -0.3 is 10.6 Å². The number of carbonyl (C=O) groups excluding carboxylic acids is 2. The van der Waals surface area contributed by atoms with Crippen LogP contribution in [-0.4, -0.2) is 33.4 Å². The highest BCUT2D eigenvalue weighted by Gasteiger charge is 2.51. The van der Waals surface area contributed by atoms with Gasteiger partial charge in [-0.2, -0.15) is 5.06 Å². The van der Waals surface area contributed by atoms with E-state index in [1.54, 1.807) is 12.4 Å². The highest BCUT2D eigenvalue weighted by Crippen LogP contribution is 2.49. The molecule has 1 saturated heterocycles. The van der Waals surface area contributed by atoms with Crippen molar-refractivity contribution in [3.05, 3.63) is 76.9 Å². The van der Waals surface area contributed by atoms with Crippen molar-refractivity contribution < 1.29 is 14.4 Å². The Balaban J connectivity index is 1.51. The van der Waals surface area contributed by atoms with Gasteiger partial charge in [-0.05, 0) is 23.3 Å². The van der Waals surface area contributed by atoms with Gasteiger partial charge in [0, 0.05) is 27.7 Å². The fourth-order valence-corrected chi connectivity index (χ4v) is 5.20. The molecule has 0 saturated carbocycles. The largest absolute Gasteiger partial charge is 0.368 e. The Labute approximate surface area is 171 Å². The highest BCUT2D eigenvalue weighted by atomic mass is 32.1. The van der Waals surface area contributed by atoms with E-state index in [4.69, 9.17) is 10.6 Å². The third-order valence-corrected chi connectivity index (χ3v) is 6.48. The summed E-state index contributed by atoms with van der Waals surface area (Å²) in [5.41, 5.74) is 8.52. The molecule has 2 bridgehead atoms. The smallest absolute Gasteiger partial charge is 0.345 e. The minimum absolute atomic E-state index is 0.271. The summed E-state index contributed by atoms with van der Waals surface area (Å²) >= 11 is 1.47. The zero-order valence-electron chi connectivity index (χ0n) is 15.4. The summed E-state index contributed by atoms with van der Waals surface area (Å²) in [6.07, 6.45) is 3.50. The molecule has 0 unspecified atom stereocenters. The first-order chi connectivity index (χ1) is 14.1. The fraction of sp³-hybridized carbons (Fsp3) is 0.190. The molecular formula is C21H18N4O3S. The summed E-state index contributed by atoms with van der Waals surface area (Å²) in [7, 11) is 0. The van der Waals surface area contributed by atoms with Crippen LogP contribution < -0.4 is 5.73 Å². The van der Waals surface area contributed by atoms with Gasteiger partial charge in [0.15, 0.2) is 0 Å². The van der Waals surface area contributed by atoms with Gasteiger partial charge in [0.1, 0.15) is 18.7 Å². The lowest BCUT2D eigenvalue weighted by Gasteiger charge is -2.28. The van der Waals surface area contributed by atoms with Crippen LogP contribution in [0.1, 0.15) is 28.1 Å². The Morgan fingerprint density at radius 2 is 2.07 bits per heavy atom. The van der Waals surface area contributed by atoms with Crippen LogP contribution in [0.25, 0.3) is 10.4 Å². The van der Waals surface area contributed by atoms with E-state index in [2.05, 4.69) is 4.98 Å². The zero-order chi connectivity index (χ0) is 20.0. The van der Waals surface area contributed by atoms with Crippen molar-refractivity contribution in [3.63, 3.8) is 0 Å². The van der Waals surface area contributed by atoms with E-state index in [0.29, 0.717) is 6.54 Å². The van der Waals surface area contributed by atoms with Crippen LogP contribution in [-0.2, 0) is 16.2 Å². The van der Waals surface area contributed by atoms with Gasteiger partial charge in [-0.25, -0.2) is 4.79 Å². The van der Waals surface area contributed by atoms with Crippen molar-refractivity contribution in [2.45, 2.75) is 18.7 Å². The van der Waals surface area contributed by atoms with E-state index in [-0.39, 0.29) is 18.7 Å². The summed E-state index contributed by atoms with van der Waals surface area (Å²) in [5.74, 6) is -0.539. The molecule has 2 N–H and O–H groups in total. The summed E-state index contributed by atoms with van der Waals surface area (Å²) in [5, 5.41) is 1.38. The first-order valence-corrected chi connectivity index (χ1v) is 10.0. The lowest BCUT2D eigenvalue weighted by molar-refractivity contribution is -0.141. The maximum Gasteiger partial charge on any atom is 0.345 e. The van der Waals surface area contributed by atoms with Gasteiger partial charge in [0.2, 0.25) is 5.91 Å². The molecule has 0 spiro atoms. The quantitative estimate of drug-likeness (QED) is 0.704. The van der Waals surface area contributed by atoms with Crippen LogP contribution in [0, 0.1) is 0 Å². The number of rotatable bonds is 5. The van der Waals surface area contributed by atoms with E-state index in [1.807, 2.05) is 48.5 Å². The summed E-state index contributed by atoms with van der Waals surface area (Å²) in [4.78, 5) is 38.6. The standard InChI is InChI=1S/C21H18N4O3S/c22-20(26)18-19-15(9-17(29-19)14-7-4-8-23-10-14)16-11-24(18)21(27)25(16)28-12-13-5-2-1-3-6-13/h1-10,16,18H,11-12H2,(H2,22,26)/t16-,18-/m0/s1. The number of hydroxylamine groups is 2. The van der Waals surface area contributed by atoms with Crippen molar-refractivity contribution >= 4 is 23.3 Å². The van der Waals surface area contributed by atoms with E-state index in [1.165, 1.54) is 21.3 Å². The number of hydrogen-bond donors (Lipinski definition) is 1. The van der Waals surface area contributed by atoms with Gasteiger partial charge in [0.05, 0.1) is 6.54 Å². The molecule has 2 aliphatic heterocycles. The number of aromatic nitrogens is 1. The number of pyridine rings is 1. The van der Waals surface area contributed by atoms with Crippen molar-refractivity contribution in [1.82, 2.24) is 14.9 Å². The number of nitrogens with two attached hydrogens (primary N) is 1. The Bertz CT molecular complexity index is 1070. The third-order valence-electron chi connectivity index (χ3n) is 5.23. The lowest BCUT2D eigenvalue weighted by atomic mass is 9.98. The average molecular weight is 406 g/mol. The Hall–Kier alpha value is -3.23. The molecule has 0 radical (unpaired) electrons. The molecule has 0 aliphatic carbocycles. The first-order valence-electron chi connectivity index (χ1n) is 9.23. The molecule has 4 heterocycles. The van der Waals surface area contributed by atoms with Crippen molar-refractivity contribution in [3.8, 4) is 10.4 Å². The molecule has 2 atom stereocenters. The minimum atomic E-state index is -0.783. The minimum Gasteiger partial charge on any atom is -0.368 e. The zero-order valence-corrected chi connectivity index (χ0v) is 16.2. The predicted molar refractivity (Wildman–Crippen MR) is 107 cm³/mol. The Morgan fingerprint density at radius 1 is 1.24 bits per heavy atom. The van der Waals surface area contributed by atoms with E-state index >= 15 is 0 Å². The molecular weight excluding hydrogens is 388 g/mol. The maximum atomic E-state index is 13.0.